The molecule has 0 spiro atoms. The number of likely N-dealkylation sites (N-methyl/N-ethyl adjacent to an activating group) is 1. The molecule has 0 aromatic heterocycles. The summed E-state index contributed by atoms with van der Waals surface area (Å²) in [4.78, 5) is 37.3. The Bertz CT molecular complexity index is 684. The standard InChI is InChI=1S/C15H15N3O4S/c1-18(6-2-5-16)14(20)8-22-15(21)10-3-4-12-11(7-10)17-13(19)9-23-12/h3-4,7H,2,6,8-9H2,1H3,(H,17,19). The van der Waals surface area contributed by atoms with Gasteiger partial charge < -0.3 is 15.0 Å². The zero-order chi connectivity index (χ0) is 16.8. The van der Waals surface area contributed by atoms with Crippen LogP contribution >= 0.6 is 11.8 Å². The summed E-state index contributed by atoms with van der Waals surface area (Å²) in [5, 5.41) is 11.2. The number of anilines is 1. The Hall–Kier alpha value is -2.53. The van der Waals surface area contributed by atoms with E-state index >= 15 is 0 Å². The van der Waals surface area contributed by atoms with E-state index in [0.717, 1.165) is 4.90 Å². The zero-order valence-corrected chi connectivity index (χ0v) is 13.3. The molecule has 1 aliphatic rings. The number of hydrogen-bond donors (Lipinski definition) is 1. The zero-order valence-electron chi connectivity index (χ0n) is 12.5. The molecule has 1 aromatic carbocycles. The molecule has 1 aliphatic heterocycles. The molecular weight excluding hydrogens is 318 g/mol. The van der Waals surface area contributed by atoms with Crippen LogP contribution in [0.25, 0.3) is 0 Å². The van der Waals surface area contributed by atoms with Crippen LogP contribution in [0.4, 0.5) is 5.69 Å². The second kappa shape index (κ2) is 7.65. The molecule has 0 saturated heterocycles. The SMILES string of the molecule is CN(CCC#N)C(=O)COC(=O)c1ccc2c(c1)NC(=O)CS2. The molecule has 0 atom stereocenters. The fraction of sp³-hybridized carbons (Fsp3) is 0.333. The summed E-state index contributed by atoms with van der Waals surface area (Å²) in [5.74, 6) is -0.794. The second-order valence-electron chi connectivity index (χ2n) is 4.85. The van der Waals surface area contributed by atoms with Crippen molar-refractivity contribution >= 4 is 35.2 Å². The molecule has 1 N–H and O–H groups in total. The smallest absolute Gasteiger partial charge is 0.338 e. The first kappa shape index (κ1) is 16.8. The fourth-order valence-electron chi connectivity index (χ4n) is 1.87. The van der Waals surface area contributed by atoms with Gasteiger partial charge in [-0.15, -0.1) is 11.8 Å². The van der Waals surface area contributed by atoms with Crippen LogP contribution in [0, 0.1) is 11.3 Å². The Morgan fingerprint density at radius 3 is 3.00 bits per heavy atom. The lowest BCUT2D eigenvalue weighted by atomic mass is 10.2. The third-order valence-electron chi connectivity index (χ3n) is 3.16. The van der Waals surface area contributed by atoms with Crippen LogP contribution in [0.2, 0.25) is 0 Å². The lowest BCUT2D eigenvalue weighted by molar-refractivity contribution is -0.133. The maximum absolute atomic E-state index is 12.0. The molecule has 0 radical (unpaired) electrons. The quantitative estimate of drug-likeness (QED) is 0.814. The van der Waals surface area contributed by atoms with E-state index in [4.69, 9.17) is 10.00 Å². The van der Waals surface area contributed by atoms with Gasteiger partial charge in [-0.05, 0) is 18.2 Å². The van der Waals surface area contributed by atoms with Crippen LogP contribution in [-0.2, 0) is 14.3 Å². The number of hydrogen-bond acceptors (Lipinski definition) is 6. The Kier molecular flexibility index (Phi) is 5.60. The van der Waals surface area contributed by atoms with Gasteiger partial charge >= 0.3 is 5.97 Å². The van der Waals surface area contributed by atoms with E-state index in [9.17, 15) is 14.4 Å². The Balaban J connectivity index is 1.94. The van der Waals surface area contributed by atoms with E-state index in [0.29, 0.717) is 11.4 Å². The van der Waals surface area contributed by atoms with Crippen LogP contribution in [0.3, 0.4) is 0 Å². The average Bonchev–Trinajstić information content (AvgIpc) is 2.56. The number of nitrogens with one attached hydrogen (secondary N) is 1. The lowest BCUT2D eigenvalue weighted by Crippen LogP contribution is -2.32. The first-order valence-electron chi connectivity index (χ1n) is 6.86. The van der Waals surface area contributed by atoms with Crippen LogP contribution < -0.4 is 5.32 Å². The Morgan fingerprint density at radius 2 is 2.26 bits per heavy atom. The van der Waals surface area contributed by atoms with Crippen molar-refractivity contribution in [2.24, 2.45) is 0 Å². The average molecular weight is 333 g/mol. The van der Waals surface area contributed by atoms with E-state index in [1.54, 1.807) is 19.2 Å². The number of ether oxygens (including phenoxy) is 1. The van der Waals surface area contributed by atoms with Gasteiger partial charge in [0.25, 0.3) is 5.91 Å². The minimum Gasteiger partial charge on any atom is -0.452 e. The maximum Gasteiger partial charge on any atom is 0.338 e. The van der Waals surface area contributed by atoms with Gasteiger partial charge in [-0.2, -0.15) is 5.26 Å². The highest BCUT2D eigenvalue weighted by Gasteiger charge is 2.19. The lowest BCUT2D eigenvalue weighted by Gasteiger charge is -2.17. The number of rotatable bonds is 5. The van der Waals surface area contributed by atoms with Gasteiger partial charge in [-0.3, -0.25) is 9.59 Å². The van der Waals surface area contributed by atoms with E-state index in [-0.39, 0.29) is 37.0 Å². The highest BCUT2D eigenvalue weighted by molar-refractivity contribution is 8.00. The molecule has 7 nitrogen and oxygen atoms in total. The number of carbonyl (C=O) groups is 3. The third kappa shape index (κ3) is 4.47. The molecule has 0 aliphatic carbocycles. The molecule has 23 heavy (non-hydrogen) atoms. The fourth-order valence-corrected chi connectivity index (χ4v) is 2.66. The number of amides is 2. The van der Waals surface area contributed by atoms with E-state index in [1.165, 1.54) is 22.7 Å². The maximum atomic E-state index is 12.0. The summed E-state index contributed by atoms with van der Waals surface area (Å²) < 4.78 is 4.98. The van der Waals surface area contributed by atoms with Crippen LogP contribution in [0.1, 0.15) is 16.8 Å². The summed E-state index contributed by atoms with van der Waals surface area (Å²) in [6, 6.07) is 6.80. The molecule has 0 bridgehead atoms. The van der Waals surface area contributed by atoms with Gasteiger partial charge in [-0.1, -0.05) is 0 Å². The molecule has 1 aromatic rings. The summed E-state index contributed by atoms with van der Waals surface area (Å²) >= 11 is 1.40. The van der Waals surface area contributed by atoms with Gasteiger partial charge in [0, 0.05) is 18.5 Å². The van der Waals surface area contributed by atoms with Crippen molar-refractivity contribution in [3.8, 4) is 6.07 Å². The second-order valence-corrected chi connectivity index (χ2v) is 5.86. The number of nitrogens with zero attached hydrogens (tertiary/aromatic N) is 2. The Labute approximate surface area is 137 Å². The molecule has 2 rings (SSSR count). The minimum absolute atomic E-state index is 0.123. The van der Waals surface area contributed by atoms with E-state index in [2.05, 4.69) is 5.32 Å². The number of benzene rings is 1. The van der Waals surface area contributed by atoms with Gasteiger partial charge in [0.1, 0.15) is 0 Å². The first-order valence-corrected chi connectivity index (χ1v) is 7.84. The number of nitriles is 1. The number of fused-ring (bicyclic) bond motifs is 1. The van der Waals surface area contributed by atoms with Crippen molar-refractivity contribution in [3.05, 3.63) is 23.8 Å². The number of carbonyl (C=O) groups excluding carboxylic acids is 3. The molecule has 1 heterocycles. The van der Waals surface area contributed by atoms with Crippen molar-refractivity contribution in [3.63, 3.8) is 0 Å². The van der Waals surface area contributed by atoms with Crippen LogP contribution in [0.15, 0.2) is 23.1 Å². The van der Waals surface area contributed by atoms with E-state index in [1.807, 2.05) is 6.07 Å². The highest BCUT2D eigenvalue weighted by atomic mass is 32.2. The molecule has 120 valence electrons. The van der Waals surface area contributed by atoms with E-state index < -0.39 is 5.97 Å². The van der Waals surface area contributed by atoms with Crippen molar-refractivity contribution in [2.45, 2.75) is 11.3 Å². The predicted octanol–water partition coefficient (Wildman–Crippen LogP) is 1.26. The van der Waals surface area contributed by atoms with Crippen molar-refractivity contribution < 1.29 is 19.1 Å². The topological polar surface area (TPSA) is 99.5 Å². The van der Waals surface area contributed by atoms with Crippen LogP contribution in [0.5, 0.6) is 0 Å². The molecule has 0 saturated carbocycles. The van der Waals surface area contributed by atoms with Gasteiger partial charge in [0.15, 0.2) is 6.61 Å². The summed E-state index contributed by atoms with van der Waals surface area (Å²) in [6.45, 7) is -0.103. The summed E-state index contributed by atoms with van der Waals surface area (Å²) in [7, 11) is 1.54. The monoisotopic (exact) mass is 333 g/mol. The molecule has 0 fully saturated rings. The Morgan fingerprint density at radius 1 is 1.48 bits per heavy atom. The largest absolute Gasteiger partial charge is 0.452 e. The van der Waals surface area contributed by atoms with Crippen LogP contribution in [-0.4, -0.2) is 48.6 Å². The normalized spacial score (nSPS) is 12.6. The van der Waals surface area contributed by atoms with Crippen molar-refractivity contribution in [1.82, 2.24) is 4.90 Å². The van der Waals surface area contributed by atoms with Gasteiger partial charge in [0.05, 0.1) is 29.5 Å². The summed E-state index contributed by atoms with van der Waals surface area (Å²) in [5.41, 5.74) is 0.831. The molecule has 0 unspecified atom stereocenters. The van der Waals surface area contributed by atoms with Crippen molar-refractivity contribution in [1.29, 1.82) is 5.26 Å². The first-order chi connectivity index (χ1) is 11.0. The van der Waals surface area contributed by atoms with Crippen molar-refractivity contribution in [2.75, 3.05) is 31.3 Å². The molecule has 2 amide bonds. The summed E-state index contributed by atoms with van der Waals surface area (Å²) in [6.07, 6.45) is 0.221. The molecule has 8 heteroatoms. The highest BCUT2D eigenvalue weighted by Crippen LogP contribution is 2.32. The third-order valence-corrected chi connectivity index (χ3v) is 4.23. The van der Waals surface area contributed by atoms with Gasteiger partial charge in [0.2, 0.25) is 5.91 Å². The predicted molar refractivity (Wildman–Crippen MR) is 83.9 cm³/mol. The number of thioether (sulfide) groups is 1. The minimum atomic E-state index is -0.639. The van der Waals surface area contributed by atoms with Gasteiger partial charge in [-0.25, -0.2) is 4.79 Å². The number of esters is 1. The molecular formula is C15H15N3O4S.